The molecular weight excluding hydrogens is 324 g/mol. The molecule has 0 aliphatic carbocycles. The van der Waals surface area contributed by atoms with Crippen LogP contribution in [0.3, 0.4) is 0 Å². The summed E-state index contributed by atoms with van der Waals surface area (Å²) in [6, 6.07) is 8.40. The molecule has 8 heteroatoms. The molecule has 0 bridgehead atoms. The second-order valence-corrected chi connectivity index (χ2v) is 6.65. The lowest BCUT2D eigenvalue weighted by Gasteiger charge is -2.04. The van der Waals surface area contributed by atoms with Crippen LogP contribution in [0.1, 0.15) is 26.7 Å². The van der Waals surface area contributed by atoms with Crippen molar-refractivity contribution in [1.82, 2.24) is 0 Å². The van der Waals surface area contributed by atoms with Gasteiger partial charge in [-0.1, -0.05) is 6.07 Å². The first-order valence-corrected chi connectivity index (χ1v) is 8.34. The van der Waals surface area contributed by atoms with Crippen molar-refractivity contribution in [3.8, 4) is 0 Å². The van der Waals surface area contributed by atoms with Gasteiger partial charge < -0.3 is 13.9 Å². The van der Waals surface area contributed by atoms with Crippen molar-refractivity contribution in [3.05, 3.63) is 53.5 Å². The normalized spacial score (nSPS) is 11.0. The predicted octanol–water partition coefficient (Wildman–Crippen LogP) is 1.83. The van der Waals surface area contributed by atoms with Crippen LogP contribution in [0.2, 0.25) is 0 Å². The van der Waals surface area contributed by atoms with Crippen LogP contribution < -0.4 is 0 Å². The van der Waals surface area contributed by atoms with Gasteiger partial charge in [0.15, 0.2) is 9.84 Å². The second-order valence-electron chi connectivity index (χ2n) is 4.63. The zero-order valence-corrected chi connectivity index (χ0v) is 13.3. The molecule has 122 valence electrons. The highest BCUT2D eigenvalue weighted by Crippen LogP contribution is 2.14. The Labute approximate surface area is 132 Å². The number of carbonyl (C=O) groups excluding carboxylic acids is 2. The Kier molecular flexibility index (Phi) is 4.85. The molecule has 0 saturated heterocycles. The summed E-state index contributed by atoms with van der Waals surface area (Å²) in [6.07, 6.45) is 1.05. The summed E-state index contributed by atoms with van der Waals surface area (Å²) in [4.78, 5) is 23.2. The lowest BCUT2D eigenvalue weighted by molar-refractivity contribution is 0.0438. The minimum absolute atomic E-state index is 0.00220. The Morgan fingerprint density at radius 2 is 1.87 bits per heavy atom. The molecule has 0 spiro atoms. The molecular formula is C15H14O7S. The van der Waals surface area contributed by atoms with E-state index in [0.29, 0.717) is 0 Å². The Morgan fingerprint density at radius 3 is 2.52 bits per heavy atom. The largest absolute Gasteiger partial charge is 0.463 e. The number of esters is 2. The smallest absolute Gasteiger partial charge is 0.373 e. The zero-order chi connectivity index (χ0) is 17.0. The van der Waals surface area contributed by atoms with Crippen LogP contribution in [0.25, 0.3) is 0 Å². The van der Waals surface area contributed by atoms with Crippen LogP contribution in [0.15, 0.2) is 45.7 Å². The van der Waals surface area contributed by atoms with Gasteiger partial charge in [0, 0.05) is 6.26 Å². The molecule has 0 amide bonds. The molecule has 0 unspecified atom stereocenters. The van der Waals surface area contributed by atoms with E-state index >= 15 is 0 Å². The first-order chi connectivity index (χ1) is 10.8. The van der Waals surface area contributed by atoms with Crippen molar-refractivity contribution >= 4 is 21.8 Å². The highest BCUT2D eigenvalue weighted by molar-refractivity contribution is 7.90. The fourth-order valence-corrected chi connectivity index (χ4v) is 2.41. The molecule has 7 nitrogen and oxygen atoms in total. The van der Waals surface area contributed by atoms with E-state index in [9.17, 15) is 18.0 Å². The number of benzene rings is 1. The summed E-state index contributed by atoms with van der Waals surface area (Å²) in [6.45, 7) is -0.196. The zero-order valence-electron chi connectivity index (χ0n) is 12.4. The quantitative estimate of drug-likeness (QED) is 0.767. The number of hydrogen-bond donors (Lipinski definition) is 0. The minimum Gasteiger partial charge on any atom is -0.463 e. The Hall–Kier alpha value is -2.61. The summed E-state index contributed by atoms with van der Waals surface area (Å²) in [5.74, 6) is -1.08. The van der Waals surface area contributed by atoms with Gasteiger partial charge in [-0.05, 0) is 30.3 Å². The van der Waals surface area contributed by atoms with Crippen LogP contribution in [0.5, 0.6) is 0 Å². The molecule has 0 saturated carbocycles. The molecule has 2 rings (SSSR count). The van der Waals surface area contributed by atoms with E-state index in [1.165, 1.54) is 43.5 Å². The third-order valence-corrected chi connectivity index (χ3v) is 4.00. The summed E-state index contributed by atoms with van der Waals surface area (Å²) >= 11 is 0. The average molecular weight is 338 g/mol. The molecule has 0 atom stereocenters. The van der Waals surface area contributed by atoms with Gasteiger partial charge in [-0.3, -0.25) is 0 Å². The van der Waals surface area contributed by atoms with E-state index in [1.54, 1.807) is 0 Å². The lowest BCUT2D eigenvalue weighted by atomic mass is 10.2. The van der Waals surface area contributed by atoms with Crippen molar-refractivity contribution in [2.45, 2.75) is 11.5 Å². The van der Waals surface area contributed by atoms with E-state index in [2.05, 4.69) is 4.74 Å². The van der Waals surface area contributed by atoms with Crippen molar-refractivity contribution < 1.29 is 31.9 Å². The maximum atomic E-state index is 11.9. The highest BCUT2D eigenvalue weighted by Gasteiger charge is 2.15. The van der Waals surface area contributed by atoms with Gasteiger partial charge in [0.2, 0.25) is 5.76 Å². The molecule has 1 aromatic carbocycles. The van der Waals surface area contributed by atoms with Gasteiger partial charge in [-0.15, -0.1) is 0 Å². The Morgan fingerprint density at radius 1 is 1.13 bits per heavy atom. The van der Waals surface area contributed by atoms with Crippen molar-refractivity contribution in [3.63, 3.8) is 0 Å². The molecule has 1 aromatic heterocycles. The molecule has 1 heterocycles. The number of sulfone groups is 1. The molecule has 0 aliphatic rings. The monoisotopic (exact) mass is 338 g/mol. The third-order valence-electron chi connectivity index (χ3n) is 2.89. The summed E-state index contributed by atoms with van der Waals surface area (Å²) in [5.41, 5.74) is 0.104. The maximum absolute atomic E-state index is 11.9. The molecule has 2 aromatic rings. The number of hydrogen-bond acceptors (Lipinski definition) is 7. The van der Waals surface area contributed by atoms with E-state index in [1.807, 2.05) is 0 Å². The van der Waals surface area contributed by atoms with Gasteiger partial charge in [0.05, 0.1) is 17.6 Å². The summed E-state index contributed by atoms with van der Waals surface area (Å²) in [5, 5.41) is 0. The van der Waals surface area contributed by atoms with Gasteiger partial charge in [-0.2, -0.15) is 0 Å². The standard InChI is InChI=1S/C15H14O7S/c1-20-15(17)13-7-6-11(22-13)9-21-14(16)10-4-3-5-12(8-10)23(2,18)19/h3-8H,9H2,1-2H3. The average Bonchev–Trinajstić information content (AvgIpc) is 3.00. The number of carbonyl (C=O) groups is 2. The van der Waals surface area contributed by atoms with Crippen LogP contribution in [-0.4, -0.2) is 33.7 Å². The molecule has 0 fully saturated rings. The number of furan rings is 1. The molecule has 0 aliphatic heterocycles. The fourth-order valence-electron chi connectivity index (χ4n) is 1.74. The topological polar surface area (TPSA) is 99.9 Å². The maximum Gasteiger partial charge on any atom is 0.373 e. The van der Waals surface area contributed by atoms with Crippen LogP contribution in [0, 0.1) is 0 Å². The second kappa shape index (κ2) is 6.66. The number of ether oxygens (including phenoxy) is 2. The number of methoxy groups -OCH3 is 1. The lowest BCUT2D eigenvalue weighted by Crippen LogP contribution is -2.06. The fraction of sp³-hybridized carbons (Fsp3) is 0.200. The van der Waals surface area contributed by atoms with Gasteiger partial charge in [0.25, 0.3) is 0 Å². The Balaban J connectivity index is 2.05. The summed E-state index contributed by atoms with van der Waals surface area (Å²) in [7, 11) is -2.19. The molecule has 0 N–H and O–H groups in total. The van der Waals surface area contributed by atoms with Crippen LogP contribution in [-0.2, 0) is 25.9 Å². The first-order valence-electron chi connectivity index (χ1n) is 6.45. The van der Waals surface area contributed by atoms with Crippen LogP contribution in [0.4, 0.5) is 0 Å². The van der Waals surface area contributed by atoms with Crippen molar-refractivity contribution in [2.75, 3.05) is 13.4 Å². The van der Waals surface area contributed by atoms with Gasteiger partial charge >= 0.3 is 11.9 Å². The third kappa shape index (κ3) is 4.19. The SMILES string of the molecule is COC(=O)c1ccc(COC(=O)c2cccc(S(C)(=O)=O)c2)o1. The number of rotatable bonds is 5. The molecule has 0 radical (unpaired) electrons. The van der Waals surface area contributed by atoms with E-state index in [-0.39, 0.29) is 28.6 Å². The predicted molar refractivity (Wildman–Crippen MR) is 78.7 cm³/mol. The first kappa shape index (κ1) is 16.8. The van der Waals surface area contributed by atoms with Crippen molar-refractivity contribution in [2.24, 2.45) is 0 Å². The summed E-state index contributed by atoms with van der Waals surface area (Å²) < 4.78 is 37.6. The van der Waals surface area contributed by atoms with Crippen LogP contribution >= 0.6 is 0 Å². The Bertz CT molecular complexity index is 833. The van der Waals surface area contributed by atoms with E-state index in [0.717, 1.165) is 6.26 Å². The van der Waals surface area contributed by atoms with Gasteiger partial charge in [-0.25, -0.2) is 18.0 Å². The van der Waals surface area contributed by atoms with E-state index in [4.69, 9.17) is 9.15 Å². The highest BCUT2D eigenvalue weighted by atomic mass is 32.2. The van der Waals surface area contributed by atoms with Gasteiger partial charge in [0.1, 0.15) is 12.4 Å². The minimum atomic E-state index is -3.41. The van der Waals surface area contributed by atoms with E-state index < -0.39 is 21.8 Å². The molecule has 23 heavy (non-hydrogen) atoms. The van der Waals surface area contributed by atoms with Crippen molar-refractivity contribution in [1.29, 1.82) is 0 Å².